The van der Waals surface area contributed by atoms with Crippen molar-refractivity contribution in [3.8, 4) is 0 Å². The lowest BCUT2D eigenvalue weighted by atomic mass is 9.82. The van der Waals surface area contributed by atoms with Crippen LogP contribution in [0.5, 0.6) is 0 Å². The molecule has 0 aromatic rings. The Morgan fingerprint density at radius 3 is 2.37 bits per heavy atom. The third kappa shape index (κ3) is 2.85. The summed E-state index contributed by atoms with van der Waals surface area (Å²) in [6.45, 7) is 12.4. The topological polar surface area (TPSA) is 29.5 Å². The predicted octanol–water partition coefficient (Wildman–Crippen LogP) is 3.07. The lowest BCUT2D eigenvalue weighted by Gasteiger charge is -2.43. The first kappa shape index (κ1) is 15.3. The first-order chi connectivity index (χ1) is 8.74. The van der Waals surface area contributed by atoms with E-state index in [0.29, 0.717) is 10.7 Å². The van der Waals surface area contributed by atoms with Gasteiger partial charge in [0.2, 0.25) is 5.91 Å². The molecular weight excluding hydrogens is 306 g/mol. The maximum atomic E-state index is 12.8. The Kier molecular flexibility index (Phi) is 4.32. The van der Waals surface area contributed by atoms with E-state index < -0.39 is 0 Å². The summed E-state index contributed by atoms with van der Waals surface area (Å²) in [4.78, 5) is 15.3. The molecule has 19 heavy (non-hydrogen) atoms. The minimum absolute atomic E-state index is 0.0256. The largest absolute Gasteiger partial charge is 0.374 e. The maximum absolute atomic E-state index is 12.8. The van der Waals surface area contributed by atoms with E-state index in [0.717, 1.165) is 19.5 Å². The molecule has 2 aliphatic rings. The monoisotopic (exact) mass is 331 g/mol. The van der Waals surface area contributed by atoms with Crippen molar-refractivity contribution in [1.82, 2.24) is 4.90 Å². The second kappa shape index (κ2) is 5.36. The van der Waals surface area contributed by atoms with Crippen LogP contribution < -0.4 is 0 Å². The van der Waals surface area contributed by atoms with Gasteiger partial charge in [0.15, 0.2) is 0 Å². The average molecular weight is 332 g/mol. The molecule has 0 saturated carbocycles. The molecule has 2 heterocycles. The van der Waals surface area contributed by atoms with Crippen molar-refractivity contribution in [2.75, 3.05) is 13.1 Å². The molecule has 2 fully saturated rings. The van der Waals surface area contributed by atoms with Crippen molar-refractivity contribution in [1.29, 1.82) is 0 Å². The summed E-state index contributed by atoms with van der Waals surface area (Å²) in [6.07, 6.45) is 1.26. The van der Waals surface area contributed by atoms with Gasteiger partial charge >= 0.3 is 0 Å². The van der Waals surface area contributed by atoms with Gasteiger partial charge in [-0.05, 0) is 31.6 Å². The summed E-state index contributed by atoms with van der Waals surface area (Å²) in [5, 5.41) is 0. The molecule has 0 bridgehead atoms. The molecule has 0 N–H and O–H groups in total. The lowest BCUT2D eigenvalue weighted by Crippen LogP contribution is -2.51. The van der Waals surface area contributed by atoms with Crippen LogP contribution in [0.3, 0.4) is 0 Å². The molecule has 1 amide bonds. The van der Waals surface area contributed by atoms with Gasteiger partial charge in [0, 0.05) is 17.9 Å². The minimum Gasteiger partial charge on any atom is -0.374 e. The van der Waals surface area contributed by atoms with E-state index in [4.69, 9.17) is 4.74 Å². The Labute approximate surface area is 125 Å². The van der Waals surface area contributed by atoms with Crippen LogP contribution in [0.15, 0.2) is 0 Å². The van der Waals surface area contributed by atoms with E-state index in [1.807, 2.05) is 6.92 Å². The van der Waals surface area contributed by atoms with Crippen molar-refractivity contribution in [3.63, 3.8) is 0 Å². The number of piperidine rings is 1. The lowest BCUT2D eigenvalue weighted by molar-refractivity contribution is -0.140. The number of alkyl halides is 1. The Morgan fingerprint density at radius 1 is 1.26 bits per heavy atom. The smallest absolute Gasteiger partial charge is 0.228 e. The molecule has 3 nitrogen and oxygen atoms in total. The highest BCUT2D eigenvalue weighted by Crippen LogP contribution is 2.38. The summed E-state index contributed by atoms with van der Waals surface area (Å²) in [6, 6.07) is 0. The summed E-state index contributed by atoms with van der Waals surface area (Å²) < 4.78 is 5.81. The van der Waals surface area contributed by atoms with Crippen LogP contribution in [0.4, 0.5) is 0 Å². The van der Waals surface area contributed by atoms with Gasteiger partial charge in [-0.1, -0.05) is 36.7 Å². The van der Waals surface area contributed by atoms with Gasteiger partial charge in [-0.15, -0.1) is 0 Å². The van der Waals surface area contributed by atoms with Crippen molar-refractivity contribution in [2.24, 2.45) is 17.3 Å². The molecule has 0 aromatic carbocycles. The van der Waals surface area contributed by atoms with E-state index in [9.17, 15) is 4.79 Å². The molecule has 110 valence electrons. The van der Waals surface area contributed by atoms with Crippen molar-refractivity contribution in [2.45, 2.75) is 58.1 Å². The number of hydrogen-bond acceptors (Lipinski definition) is 2. The average Bonchev–Trinajstić information content (AvgIpc) is 2.56. The van der Waals surface area contributed by atoms with Crippen LogP contribution in [0.2, 0.25) is 0 Å². The van der Waals surface area contributed by atoms with E-state index in [-0.39, 0.29) is 29.4 Å². The van der Waals surface area contributed by atoms with Crippen LogP contribution in [0.25, 0.3) is 0 Å². The zero-order chi connectivity index (χ0) is 14.4. The van der Waals surface area contributed by atoms with Crippen LogP contribution in [-0.2, 0) is 9.53 Å². The molecule has 0 radical (unpaired) electrons. The van der Waals surface area contributed by atoms with Crippen LogP contribution in [0.1, 0.15) is 41.0 Å². The third-order valence-electron chi connectivity index (χ3n) is 4.94. The van der Waals surface area contributed by atoms with Gasteiger partial charge < -0.3 is 9.64 Å². The Bertz CT molecular complexity index is 358. The second-order valence-electron chi connectivity index (χ2n) is 6.94. The number of rotatable bonds is 1. The van der Waals surface area contributed by atoms with Crippen LogP contribution >= 0.6 is 15.9 Å². The summed E-state index contributed by atoms with van der Waals surface area (Å²) in [5.74, 6) is 0.627. The van der Waals surface area contributed by atoms with Gasteiger partial charge in [-0.2, -0.15) is 0 Å². The van der Waals surface area contributed by atoms with Gasteiger partial charge in [-0.3, -0.25) is 4.79 Å². The van der Waals surface area contributed by atoms with E-state index in [2.05, 4.69) is 48.5 Å². The first-order valence-electron chi connectivity index (χ1n) is 7.32. The third-order valence-corrected chi connectivity index (χ3v) is 6.63. The molecule has 2 rings (SSSR count). The number of carbonyl (C=O) groups excluding carboxylic acids is 1. The molecule has 5 unspecified atom stereocenters. The normalized spacial score (nSPS) is 42.4. The van der Waals surface area contributed by atoms with Crippen molar-refractivity contribution in [3.05, 3.63) is 0 Å². The summed E-state index contributed by atoms with van der Waals surface area (Å²) >= 11 is 3.74. The SMILES string of the molecule is CC1OC(C)C(C(=O)N2CCC(Br)C(C)(C)C2)C1C. The van der Waals surface area contributed by atoms with Gasteiger partial charge in [0.05, 0.1) is 18.1 Å². The Balaban J connectivity index is 2.08. The highest BCUT2D eigenvalue weighted by molar-refractivity contribution is 9.09. The quantitative estimate of drug-likeness (QED) is 0.691. The van der Waals surface area contributed by atoms with Crippen LogP contribution in [-0.4, -0.2) is 40.9 Å². The van der Waals surface area contributed by atoms with E-state index >= 15 is 0 Å². The minimum atomic E-state index is 0.0256. The highest BCUT2D eigenvalue weighted by atomic mass is 79.9. The molecule has 4 heteroatoms. The van der Waals surface area contributed by atoms with E-state index in [1.54, 1.807) is 0 Å². The number of carbonyl (C=O) groups is 1. The molecule has 0 spiro atoms. The summed E-state index contributed by atoms with van der Waals surface area (Å²) in [5.41, 5.74) is 0.144. The number of halogens is 1. The number of likely N-dealkylation sites (tertiary alicyclic amines) is 1. The molecular formula is C15H26BrNO2. The molecule has 0 aromatic heterocycles. The second-order valence-corrected chi connectivity index (χ2v) is 8.04. The fourth-order valence-electron chi connectivity index (χ4n) is 3.42. The summed E-state index contributed by atoms with van der Waals surface area (Å²) in [7, 11) is 0. The molecule has 5 atom stereocenters. The van der Waals surface area contributed by atoms with Crippen LogP contribution in [0, 0.1) is 17.3 Å². The van der Waals surface area contributed by atoms with Gasteiger partial charge in [-0.25, -0.2) is 0 Å². The number of ether oxygens (including phenoxy) is 1. The highest BCUT2D eigenvalue weighted by Gasteiger charge is 2.45. The zero-order valence-corrected chi connectivity index (χ0v) is 14.2. The number of amides is 1. The first-order valence-corrected chi connectivity index (χ1v) is 8.24. The number of nitrogens with zero attached hydrogens (tertiary/aromatic N) is 1. The van der Waals surface area contributed by atoms with Crippen molar-refractivity contribution < 1.29 is 9.53 Å². The standard InChI is InChI=1S/C15H26BrNO2/c1-9-10(2)19-11(3)13(9)14(18)17-7-6-12(16)15(4,5)8-17/h9-13H,6-8H2,1-5H3. The molecule has 0 aliphatic carbocycles. The van der Waals surface area contributed by atoms with E-state index in [1.165, 1.54) is 0 Å². The fraction of sp³-hybridized carbons (Fsp3) is 0.933. The zero-order valence-electron chi connectivity index (χ0n) is 12.6. The predicted molar refractivity (Wildman–Crippen MR) is 80.4 cm³/mol. The Morgan fingerprint density at radius 2 is 1.89 bits per heavy atom. The number of hydrogen-bond donors (Lipinski definition) is 0. The molecule has 2 saturated heterocycles. The van der Waals surface area contributed by atoms with Gasteiger partial charge in [0.1, 0.15) is 0 Å². The van der Waals surface area contributed by atoms with Gasteiger partial charge in [0.25, 0.3) is 0 Å². The Hall–Kier alpha value is -0.0900. The van der Waals surface area contributed by atoms with Crippen molar-refractivity contribution >= 4 is 21.8 Å². The maximum Gasteiger partial charge on any atom is 0.228 e. The molecule has 2 aliphatic heterocycles. The fourth-order valence-corrected chi connectivity index (χ4v) is 3.77.